The largest absolute Gasteiger partial charge is 0.397 e. The van der Waals surface area contributed by atoms with E-state index in [1.807, 2.05) is 7.05 Å². The first-order chi connectivity index (χ1) is 10.7. The maximum Gasteiger partial charge on any atom is 0.397 e. The molecule has 0 unspecified atom stereocenters. The molecule has 2 rings (SSSR count). The van der Waals surface area contributed by atoms with E-state index in [-0.39, 0.29) is 12.6 Å². The summed E-state index contributed by atoms with van der Waals surface area (Å²) in [5.74, 6) is -1.34. The van der Waals surface area contributed by atoms with Gasteiger partial charge in [0.25, 0.3) is 0 Å². The molecule has 23 heavy (non-hydrogen) atoms. The molecule has 0 radical (unpaired) electrons. The summed E-state index contributed by atoms with van der Waals surface area (Å²) in [4.78, 5) is 15.5. The molecule has 3 nitrogen and oxygen atoms in total. The van der Waals surface area contributed by atoms with Crippen LogP contribution in [0.3, 0.4) is 0 Å². The number of likely N-dealkylation sites (tertiary alicyclic amines) is 1. The lowest BCUT2D eigenvalue weighted by Gasteiger charge is -2.37. The van der Waals surface area contributed by atoms with E-state index in [0.717, 1.165) is 13.1 Å². The summed E-state index contributed by atoms with van der Waals surface area (Å²) in [5, 5.41) is 0. The number of hydrogen-bond acceptors (Lipinski definition) is 2. The van der Waals surface area contributed by atoms with Gasteiger partial charge in [0.1, 0.15) is 12.2 Å². The van der Waals surface area contributed by atoms with Crippen LogP contribution in [-0.4, -0.2) is 48.1 Å². The number of amides is 1. The third-order valence-electron chi connectivity index (χ3n) is 4.07. The Kier molecular flexibility index (Phi) is 5.62. The van der Waals surface area contributed by atoms with E-state index in [2.05, 4.69) is 4.90 Å². The Morgan fingerprint density at radius 1 is 1.22 bits per heavy atom. The number of halogens is 4. The summed E-state index contributed by atoms with van der Waals surface area (Å²) >= 11 is 0. The van der Waals surface area contributed by atoms with Gasteiger partial charge in [0.2, 0.25) is 5.91 Å². The Labute approximate surface area is 132 Å². The fourth-order valence-electron chi connectivity index (χ4n) is 2.79. The first-order valence-corrected chi connectivity index (χ1v) is 7.54. The van der Waals surface area contributed by atoms with Crippen molar-refractivity contribution in [2.24, 2.45) is 0 Å². The number of rotatable bonds is 4. The average molecular weight is 332 g/mol. The highest BCUT2D eigenvalue weighted by atomic mass is 19.4. The summed E-state index contributed by atoms with van der Waals surface area (Å²) in [7, 11) is 1.94. The van der Waals surface area contributed by atoms with Gasteiger partial charge < -0.3 is 9.80 Å². The number of piperidine rings is 1. The van der Waals surface area contributed by atoms with E-state index in [4.69, 9.17) is 0 Å². The maximum absolute atomic E-state index is 13.0. The Balaban J connectivity index is 2.13. The summed E-state index contributed by atoms with van der Waals surface area (Å²) in [6, 6.07) is 5.27. The van der Waals surface area contributed by atoms with Gasteiger partial charge in [-0.25, -0.2) is 4.39 Å². The molecular weight excluding hydrogens is 312 g/mol. The van der Waals surface area contributed by atoms with Crippen LogP contribution in [-0.2, 0) is 11.3 Å². The molecule has 1 aliphatic heterocycles. The van der Waals surface area contributed by atoms with E-state index in [0.29, 0.717) is 18.4 Å². The Morgan fingerprint density at radius 2 is 1.78 bits per heavy atom. The van der Waals surface area contributed by atoms with Crippen molar-refractivity contribution in [3.63, 3.8) is 0 Å². The topological polar surface area (TPSA) is 23.6 Å². The van der Waals surface area contributed by atoms with Crippen molar-refractivity contribution in [2.45, 2.75) is 38.0 Å². The lowest BCUT2D eigenvalue weighted by Crippen LogP contribution is -2.47. The van der Waals surface area contributed by atoms with Crippen molar-refractivity contribution in [3.05, 3.63) is 35.6 Å². The second-order valence-electron chi connectivity index (χ2n) is 5.97. The van der Waals surface area contributed by atoms with E-state index in [1.54, 1.807) is 0 Å². The minimum Gasteiger partial charge on any atom is -0.335 e. The molecule has 1 fully saturated rings. The zero-order valence-electron chi connectivity index (χ0n) is 12.9. The van der Waals surface area contributed by atoms with Crippen LogP contribution in [0.5, 0.6) is 0 Å². The van der Waals surface area contributed by atoms with Gasteiger partial charge in [-0.1, -0.05) is 12.1 Å². The molecule has 0 spiro atoms. The number of carbonyl (C=O) groups excluding carboxylic acids is 1. The third-order valence-corrected chi connectivity index (χ3v) is 4.07. The fraction of sp³-hybridized carbons (Fsp3) is 0.562. The molecule has 1 heterocycles. The van der Waals surface area contributed by atoms with Crippen molar-refractivity contribution >= 4 is 5.91 Å². The van der Waals surface area contributed by atoms with Gasteiger partial charge in [-0.3, -0.25) is 4.79 Å². The zero-order valence-corrected chi connectivity index (χ0v) is 12.9. The molecule has 1 amide bonds. The van der Waals surface area contributed by atoms with E-state index >= 15 is 0 Å². The maximum atomic E-state index is 13.0. The van der Waals surface area contributed by atoms with Gasteiger partial charge in [0, 0.05) is 12.6 Å². The number of alkyl halides is 3. The van der Waals surface area contributed by atoms with Crippen LogP contribution in [0.4, 0.5) is 17.6 Å². The molecule has 0 bridgehead atoms. The number of carbonyl (C=O) groups is 1. The van der Waals surface area contributed by atoms with Crippen LogP contribution in [0.1, 0.15) is 24.8 Å². The van der Waals surface area contributed by atoms with Gasteiger partial charge in [-0.2, -0.15) is 13.2 Å². The molecule has 7 heteroatoms. The predicted octanol–water partition coefficient (Wildman–Crippen LogP) is 3.20. The second-order valence-corrected chi connectivity index (χ2v) is 5.97. The smallest absolute Gasteiger partial charge is 0.335 e. The molecule has 0 aromatic heterocycles. The van der Waals surface area contributed by atoms with Gasteiger partial charge in [0.05, 0.1) is 0 Å². The zero-order chi connectivity index (χ0) is 17.0. The molecule has 1 aromatic carbocycles. The molecule has 1 aromatic rings. The molecule has 0 aliphatic carbocycles. The molecule has 0 saturated carbocycles. The lowest BCUT2D eigenvalue weighted by atomic mass is 10.0. The molecule has 1 saturated heterocycles. The predicted molar refractivity (Wildman–Crippen MR) is 78.1 cm³/mol. The van der Waals surface area contributed by atoms with Crippen LogP contribution >= 0.6 is 0 Å². The highest BCUT2D eigenvalue weighted by Gasteiger charge is 2.36. The molecular formula is C16H20F4N2O. The molecule has 128 valence electrons. The van der Waals surface area contributed by atoms with Crippen molar-refractivity contribution in [3.8, 4) is 0 Å². The average Bonchev–Trinajstić information content (AvgIpc) is 2.46. The van der Waals surface area contributed by atoms with Gasteiger partial charge in [-0.05, 0) is 50.7 Å². The number of hydrogen-bond donors (Lipinski definition) is 0. The summed E-state index contributed by atoms with van der Waals surface area (Å²) in [6.45, 7) is 1.55. The number of nitrogens with zero attached hydrogens (tertiary/aromatic N) is 2. The Bertz CT molecular complexity index is 522. The SMILES string of the molecule is CN1CCC(N(Cc2ccc(F)cc2)C(=O)CC(F)(F)F)CC1. The first-order valence-electron chi connectivity index (χ1n) is 7.54. The summed E-state index contributed by atoms with van der Waals surface area (Å²) in [5.41, 5.74) is 0.626. The van der Waals surface area contributed by atoms with E-state index in [9.17, 15) is 22.4 Å². The van der Waals surface area contributed by atoms with Crippen molar-refractivity contribution < 1.29 is 22.4 Å². The first kappa shape index (κ1) is 17.7. The van der Waals surface area contributed by atoms with Crippen molar-refractivity contribution in [2.75, 3.05) is 20.1 Å². The van der Waals surface area contributed by atoms with Crippen LogP contribution in [0.15, 0.2) is 24.3 Å². The molecule has 0 atom stereocenters. The van der Waals surface area contributed by atoms with Gasteiger partial charge in [-0.15, -0.1) is 0 Å². The fourth-order valence-corrected chi connectivity index (χ4v) is 2.79. The van der Waals surface area contributed by atoms with Crippen molar-refractivity contribution in [1.82, 2.24) is 9.80 Å². The number of benzene rings is 1. The summed E-state index contributed by atoms with van der Waals surface area (Å²) < 4.78 is 50.7. The highest BCUT2D eigenvalue weighted by molar-refractivity contribution is 5.77. The molecule has 0 N–H and O–H groups in total. The lowest BCUT2D eigenvalue weighted by molar-refractivity contribution is -0.164. The van der Waals surface area contributed by atoms with Gasteiger partial charge in [0.15, 0.2) is 0 Å². The molecule has 1 aliphatic rings. The highest BCUT2D eigenvalue weighted by Crippen LogP contribution is 2.25. The Morgan fingerprint density at radius 3 is 2.30 bits per heavy atom. The quantitative estimate of drug-likeness (QED) is 0.791. The van der Waals surface area contributed by atoms with Crippen LogP contribution in [0.2, 0.25) is 0 Å². The van der Waals surface area contributed by atoms with Crippen molar-refractivity contribution in [1.29, 1.82) is 0 Å². The van der Waals surface area contributed by atoms with E-state index < -0.39 is 24.3 Å². The standard InChI is InChI=1S/C16H20F4N2O/c1-21-8-6-14(7-9-21)22(15(23)10-16(18,19)20)11-12-2-4-13(17)5-3-12/h2-5,14H,6-11H2,1H3. The normalized spacial score (nSPS) is 17.3. The third kappa shape index (κ3) is 5.49. The van der Waals surface area contributed by atoms with Crippen LogP contribution < -0.4 is 0 Å². The van der Waals surface area contributed by atoms with Gasteiger partial charge >= 0.3 is 6.18 Å². The van der Waals surface area contributed by atoms with E-state index in [1.165, 1.54) is 29.2 Å². The minimum absolute atomic E-state index is 0.0730. The van der Waals surface area contributed by atoms with Crippen LogP contribution in [0.25, 0.3) is 0 Å². The monoisotopic (exact) mass is 332 g/mol. The minimum atomic E-state index is -4.52. The Hall–Kier alpha value is -1.63. The second kappa shape index (κ2) is 7.29. The summed E-state index contributed by atoms with van der Waals surface area (Å²) in [6.07, 6.45) is -4.70. The van der Waals surface area contributed by atoms with Crippen LogP contribution in [0, 0.1) is 5.82 Å².